The fourth-order valence-electron chi connectivity index (χ4n) is 1.52. The number of ether oxygens (including phenoxy) is 1. The van der Waals surface area contributed by atoms with E-state index in [0.29, 0.717) is 11.5 Å². The number of hydrogen-bond acceptors (Lipinski definition) is 6. The van der Waals surface area contributed by atoms with Crippen molar-refractivity contribution in [2.45, 2.75) is 6.92 Å². The highest BCUT2D eigenvalue weighted by Crippen LogP contribution is 2.29. The molecule has 0 aliphatic heterocycles. The van der Waals surface area contributed by atoms with Gasteiger partial charge in [-0.25, -0.2) is 4.79 Å². The Labute approximate surface area is 110 Å². The van der Waals surface area contributed by atoms with Gasteiger partial charge in [0.1, 0.15) is 5.56 Å². The van der Waals surface area contributed by atoms with E-state index in [2.05, 4.69) is 20.3 Å². The fourth-order valence-corrected chi connectivity index (χ4v) is 1.52. The van der Waals surface area contributed by atoms with E-state index in [1.165, 1.54) is 13.2 Å². The normalized spacial score (nSPS) is 10.0. The number of nitrogens with zero attached hydrogens (tertiary/aromatic N) is 2. The Balaban J connectivity index is 2.30. The first-order chi connectivity index (χ1) is 9.11. The molecular weight excluding hydrogens is 246 g/mol. The molecule has 6 nitrogen and oxygen atoms in total. The molecule has 0 amide bonds. The highest BCUT2D eigenvalue weighted by Gasteiger charge is 2.14. The Kier molecular flexibility index (Phi) is 3.61. The number of benzene rings is 1. The van der Waals surface area contributed by atoms with Gasteiger partial charge in [-0.1, -0.05) is 6.07 Å². The van der Waals surface area contributed by atoms with Gasteiger partial charge in [-0.15, -0.1) is 5.10 Å². The molecule has 0 unspecified atom stereocenters. The lowest BCUT2D eigenvalue weighted by atomic mass is 10.1. The summed E-state index contributed by atoms with van der Waals surface area (Å²) in [6, 6.07) is 8.26. The summed E-state index contributed by atoms with van der Waals surface area (Å²) in [5, 5.41) is 20.7. The van der Waals surface area contributed by atoms with Gasteiger partial charge in [0, 0.05) is 0 Å². The summed E-state index contributed by atoms with van der Waals surface area (Å²) in [6.07, 6.45) is 0. The maximum atomic E-state index is 11.4. The first kappa shape index (κ1) is 12.8. The van der Waals surface area contributed by atoms with E-state index in [-0.39, 0.29) is 11.3 Å². The zero-order valence-corrected chi connectivity index (χ0v) is 10.5. The van der Waals surface area contributed by atoms with Crippen molar-refractivity contribution in [2.24, 2.45) is 0 Å². The van der Waals surface area contributed by atoms with Crippen LogP contribution in [-0.4, -0.2) is 28.4 Å². The molecule has 0 saturated heterocycles. The fraction of sp³-hybridized carbons (Fsp3) is 0.154. The molecule has 19 heavy (non-hydrogen) atoms. The minimum atomic E-state index is -0.601. The monoisotopic (exact) mass is 259 g/mol. The molecule has 0 saturated carbocycles. The van der Waals surface area contributed by atoms with E-state index in [1.54, 1.807) is 24.3 Å². The van der Waals surface area contributed by atoms with Crippen LogP contribution in [0.5, 0.6) is 5.75 Å². The van der Waals surface area contributed by atoms with Gasteiger partial charge < -0.3 is 15.2 Å². The molecule has 6 heteroatoms. The average molecular weight is 259 g/mol. The smallest absolute Gasteiger partial charge is 0.341 e. The molecule has 0 atom stereocenters. The quantitative estimate of drug-likeness (QED) is 0.648. The molecule has 0 radical (unpaired) electrons. The lowest BCUT2D eigenvalue weighted by Crippen LogP contribution is -2.03. The van der Waals surface area contributed by atoms with Crippen LogP contribution in [0.3, 0.4) is 0 Å². The second-order valence-corrected chi connectivity index (χ2v) is 3.88. The zero-order valence-electron chi connectivity index (χ0n) is 10.5. The lowest BCUT2D eigenvalue weighted by Gasteiger charge is -2.09. The summed E-state index contributed by atoms with van der Waals surface area (Å²) in [5.74, 6) is -0.309. The minimum Gasteiger partial charge on any atom is -0.505 e. The van der Waals surface area contributed by atoms with Gasteiger partial charge in [-0.05, 0) is 31.2 Å². The van der Waals surface area contributed by atoms with E-state index >= 15 is 0 Å². The Morgan fingerprint density at radius 1 is 1.26 bits per heavy atom. The molecular formula is C13H13N3O3. The Morgan fingerprint density at radius 3 is 2.68 bits per heavy atom. The number of carbonyl (C=O) groups is 1. The molecule has 1 aromatic heterocycles. The summed E-state index contributed by atoms with van der Waals surface area (Å²) in [7, 11) is 1.26. The molecule has 2 aromatic rings. The third kappa shape index (κ3) is 2.79. The van der Waals surface area contributed by atoms with Crippen LogP contribution in [-0.2, 0) is 4.74 Å². The van der Waals surface area contributed by atoms with E-state index in [1.807, 2.05) is 6.92 Å². The second-order valence-electron chi connectivity index (χ2n) is 3.88. The van der Waals surface area contributed by atoms with Gasteiger partial charge in [-0.2, -0.15) is 5.10 Å². The molecule has 0 aliphatic rings. The lowest BCUT2D eigenvalue weighted by molar-refractivity contribution is 0.0597. The van der Waals surface area contributed by atoms with E-state index in [0.717, 1.165) is 5.69 Å². The molecule has 0 bridgehead atoms. The van der Waals surface area contributed by atoms with Crippen molar-refractivity contribution in [3.8, 4) is 5.75 Å². The van der Waals surface area contributed by atoms with E-state index < -0.39 is 5.97 Å². The zero-order chi connectivity index (χ0) is 13.8. The van der Waals surface area contributed by atoms with Crippen LogP contribution in [0.1, 0.15) is 16.1 Å². The Morgan fingerprint density at radius 2 is 2.05 bits per heavy atom. The van der Waals surface area contributed by atoms with Crippen LogP contribution >= 0.6 is 0 Å². The van der Waals surface area contributed by atoms with Crippen molar-refractivity contribution in [2.75, 3.05) is 12.4 Å². The van der Waals surface area contributed by atoms with Crippen molar-refractivity contribution >= 4 is 17.5 Å². The van der Waals surface area contributed by atoms with Gasteiger partial charge in [0.2, 0.25) is 0 Å². The standard InChI is InChI=1S/C13H13N3O3/c1-8-6-7-11(16-15-8)14-10-5-3-4-9(12(10)17)13(18)19-2/h3-7,17H,1-2H3,(H,14,16). The van der Waals surface area contributed by atoms with Gasteiger partial charge in [0.05, 0.1) is 18.5 Å². The number of carbonyl (C=O) groups excluding carboxylic acids is 1. The Hall–Kier alpha value is -2.63. The maximum absolute atomic E-state index is 11.4. The third-order valence-electron chi connectivity index (χ3n) is 2.50. The highest BCUT2D eigenvalue weighted by molar-refractivity contribution is 5.94. The average Bonchev–Trinajstić information content (AvgIpc) is 2.43. The number of anilines is 2. The number of aryl methyl sites for hydroxylation is 1. The predicted octanol–water partition coefficient (Wildman–Crippen LogP) is 2.02. The summed E-state index contributed by atoms with van der Waals surface area (Å²) in [6.45, 7) is 1.83. The molecule has 0 aliphatic carbocycles. The van der Waals surface area contributed by atoms with Gasteiger partial charge in [-0.3, -0.25) is 0 Å². The largest absolute Gasteiger partial charge is 0.505 e. The first-order valence-corrected chi connectivity index (χ1v) is 5.59. The van der Waals surface area contributed by atoms with Crippen molar-refractivity contribution in [3.63, 3.8) is 0 Å². The van der Waals surface area contributed by atoms with Crippen LogP contribution in [0.4, 0.5) is 11.5 Å². The van der Waals surface area contributed by atoms with E-state index in [9.17, 15) is 9.90 Å². The Bertz CT molecular complexity index is 597. The molecule has 1 heterocycles. The molecule has 2 rings (SSSR count). The number of methoxy groups -OCH3 is 1. The number of nitrogens with one attached hydrogen (secondary N) is 1. The number of aromatic hydroxyl groups is 1. The van der Waals surface area contributed by atoms with Crippen LogP contribution in [0.25, 0.3) is 0 Å². The predicted molar refractivity (Wildman–Crippen MR) is 69.5 cm³/mol. The van der Waals surface area contributed by atoms with Gasteiger partial charge in [0.15, 0.2) is 11.6 Å². The number of phenolic OH excluding ortho intramolecular Hbond substituents is 1. The number of rotatable bonds is 3. The summed E-state index contributed by atoms with van der Waals surface area (Å²) in [5.41, 5.74) is 1.24. The summed E-state index contributed by atoms with van der Waals surface area (Å²) < 4.78 is 4.58. The van der Waals surface area contributed by atoms with Crippen LogP contribution in [0.15, 0.2) is 30.3 Å². The van der Waals surface area contributed by atoms with Gasteiger partial charge >= 0.3 is 5.97 Å². The number of aromatic nitrogens is 2. The van der Waals surface area contributed by atoms with Crippen molar-refractivity contribution < 1.29 is 14.6 Å². The van der Waals surface area contributed by atoms with E-state index in [4.69, 9.17) is 0 Å². The van der Waals surface area contributed by atoms with Gasteiger partial charge in [0.25, 0.3) is 0 Å². The van der Waals surface area contributed by atoms with Crippen molar-refractivity contribution in [1.29, 1.82) is 0 Å². The SMILES string of the molecule is COC(=O)c1cccc(Nc2ccc(C)nn2)c1O. The number of para-hydroxylation sites is 1. The summed E-state index contributed by atoms with van der Waals surface area (Å²) >= 11 is 0. The number of hydrogen-bond donors (Lipinski definition) is 2. The summed E-state index contributed by atoms with van der Waals surface area (Å²) in [4.78, 5) is 11.4. The topological polar surface area (TPSA) is 84.3 Å². The van der Waals surface area contributed by atoms with Crippen LogP contribution in [0, 0.1) is 6.92 Å². The maximum Gasteiger partial charge on any atom is 0.341 e. The molecule has 1 aromatic carbocycles. The number of phenols is 1. The third-order valence-corrected chi connectivity index (χ3v) is 2.50. The first-order valence-electron chi connectivity index (χ1n) is 5.59. The molecule has 2 N–H and O–H groups in total. The minimum absolute atomic E-state index is 0.0903. The van der Waals surface area contributed by atoms with Crippen LogP contribution < -0.4 is 5.32 Å². The molecule has 0 fully saturated rings. The molecule has 0 spiro atoms. The van der Waals surface area contributed by atoms with Crippen molar-refractivity contribution in [3.05, 3.63) is 41.6 Å². The highest BCUT2D eigenvalue weighted by atomic mass is 16.5. The number of esters is 1. The van der Waals surface area contributed by atoms with Crippen molar-refractivity contribution in [1.82, 2.24) is 10.2 Å². The van der Waals surface area contributed by atoms with Crippen LogP contribution in [0.2, 0.25) is 0 Å². The molecule has 98 valence electrons. The second kappa shape index (κ2) is 5.34.